The molecule has 1 aromatic heterocycles. The SMILES string of the molecule is CC1(c2nc(-c3ccccc3)no2)CCNC1.Cl. The second kappa shape index (κ2) is 5.08. The molecule has 0 amide bonds. The molecular formula is C13H16ClN3O. The lowest BCUT2D eigenvalue weighted by molar-refractivity contribution is 0.306. The van der Waals surface area contributed by atoms with Gasteiger partial charge < -0.3 is 9.84 Å². The van der Waals surface area contributed by atoms with Crippen molar-refractivity contribution in [3.05, 3.63) is 36.2 Å². The summed E-state index contributed by atoms with van der Waals surface area (Å²) in [7, 11) is 0. The highest BCUT2D eigenvalue weighted by molar-refractivity contribution is 5.85. The van der Waals surface area contributed by atoms with Crippen LogP contribution in [0.3, 0.4) is 0 Å². The fraction of sp³-hybridized carbons (Fsp3) is 0.385. The van der Waals surface area contributed by atoms with Crippen LogP contribution in [0.15, 0.2) is 34.9 Å². The predicted octanol–water partition coefficient (Wildman–Crippen LogP) is 2.41. The molecule has 0 saturated carbocycles. The van der Waals surface area contributed by atoms with Gasteiger partial charge in [0, 0.05) is 12.1 Å². The van der Waals surface area contributed by atoms with Crippen molar-refractivity contribution in [2.24, 2.45) is 0 Å². The van der Waals surface area contributed by atoms with Crippen LogP contribution in [0.4, 0.5) is 0 Å². The molecular weight excluding hydrogens is 250 g/mol. The van der Waals surface area contributed by atoms with Crippen LogP contribution < -0.4 is 5.32 Å². The van der Waals surface area contributed by atoms with Gasteiger partial charge in [0.15, 0.2) is 0 Å². The zero-order chi connectivity index (χ0) is 11.7. The Morgan fingerprint density at radius 3 is 2.72 bits per heavy atom. The number of aromatic nitrogens is 2. The number of nitrogens with zero attached hydrogens (tertiary/aromatic N) is 2. The quantitative estimate of drug-likeness (QED) is 0.906. The van der Waals surface area contributed by atoms with Crippen LogP contribution in [0, 0.1) is 0 Å². The molecule has 1 fully saturated rings. The number of rotatable bonds is 2. The molecule has 2 aromatic rings. The zero-order valence-electron chi connectivity index (χ0n) is 10.2. The van der Waals surface area contributed by atoms with Gasteiger partial charge in [0.05, 0.1) is 5.41 Å². The average Bonchev–Trinajstić information content (AvgIpc) is 2.99. The molecule has 0 radical (unpaired) electrons. The molecule has 1 unspecified atom stereocenters. The molecule has 96 valence electrons. The minimum Gasteiger partial charge on any atom is -0.338 e. The first-order chi connectivity index (χ1) is 8.28. The van der Waals surface area contributed by atoms with E-state index >= 15 is 0 Å². The van der Waals surface area contributed by atoms with Crippen molar-refractivity contribution in [1.29, 1.82) is 0 Å². The normalized spacial score (nSPS) is 22.7. The van der Waals surface area contributed by atoms with E-state index in [1.165, 1.54) is 0 Å². The molecule has 4 nitrogen and oxygen atoms in total. The van der Waals surface area contributed by atoms with Crippen molar-refractivity contribution in [3.8, 4) is 11.4 Å². The maximum atomic E-state index is 5.40. The largest absolute Gasteiger partial charge is 0.338 e. The highest BCUT2D eigenvalue weighted by Crippen LogP contribution is 2.30. The molecule has 1 aliphatic rings. The Labute approximate surface area is 112 Å². The molecule has 18 heavy (non-hydrogen) atoms. The van der Waals surface area contributed by atoms with E-state index in [4.69, 9.17) is 4.52 Å². The first-order valence-corrected chi connectivity index (χ1v) is 5.88. The van der Waals surface area contributed by atoms with E-state index in [-0.39, 0.29) is 17.8 Å². The maximum Gasteiger partial charge on any atom is 0.234 e. The second-order valence-electron chi connectivity index (χ2n) is 4.78. The molecule has 1 N–H and O–H groups in total. The van der Waals surface area contributed by atoms with E-state index < -0.39 is 0 Å². The van der Waals surface area contributed by atoms with E-state index in [0.717, 1.165) is 31.0 Å². The van der Waals surface area contributed by atoms with Crippen LogP contribution in [-0.2, 0) is 5.41 Å². The Hall–Kier alpha value is -1.39. The zero-order valence-corrected chi connectivity index (χ0v) is 11.0. The Kier molecular flexibility index (Phi) is 3.68. The number of halogens is 1. The number of hydrogen-bond acceptors (Lipinski definition) is 4. The lowest BCUT2D eigenvalue weighted by Gasteiger charge is -2.15. The summed E-state index contributed by atoms with van der Waals surface area (Å²) in [6, 6.07) is 9.91. The Balaban J connectivity index is 0.00000120. The van der Waals surface area contributed by atoms with Gasteiger partial charge >= 0.3 is 0 Å². The van der Waals surface area contributed by atoms with Crippen molar-refractivity contribution in [2.45, 2.75) is 18.8 Å². The van der Waals surface area contributed by atoms with E-state index in [9.17, 15) is 0 Å². The number of hydrogen-bond donors (Lipinski definition) is 1. The summed E-state index contributed by atoms with van der Waals surface area (Å²) in [5, 5.41) is 7.39. The van der Waals surface area contributed by atoms with Crippen LogP contribution in [-0.4, -0.2) is 23.2 Å². The Morgan fingerprint density at radius 1 is 1.28 bits per heavy atom. The molecule has 2 heterocycles. The fourth-order valence-electron chi connectivity index (χ4n) is 2.17. The molecule has 1 atom stereocenters. The van der Waals surface area contributed by atoms with Gasteiger partial charge in [-0.25, -0.2) is 0 Å². The van der Waals surface area contributed by atoms with Gasteiger partial charge in [-0.3, -0.25) is 0 Å². The third-order valence-corrected chi connectivity index (χ3v) is 3.34. The molecule has 3 rings (SSSR count). The van der Waals surface area contributed by atoms with Gasteiger partial charge in [0.1, 0.15) is 0 Å². The van der Waals surface area contributed by atoms with Gasteiger partial charge in [-0.2, -0.15) is 4.98 Å². The third-order valence-electron chi connectivity index (χ3n) is 3.34. The van der Waals surface area contributed by atoms with Crippen LogP contribution >= 0.6 is 12.4 Å². The third kappa shape index (κ3) is 2.26. The van der Waals surface area contributed by atoms with Crippen LogP contribution in [0.1, 0.15) is 19.2 Å². The summed E-state index contributed by atoms with van der Waals surface area (Å²) in [5.41, 5.74) is 0.983. The molecule has 1 saturated heterocycles. The second-order valence-corrected chi connectivity index (χ2v) is 4.78. The molecule has 0 bridgehead atoms. The molecule has 1 aromatic carbocycles. The fourth-order valence-corrected chi connectivity index (χ4v) is 2.17. The summed E-state index contributed by atoms with van der Waals surface area (Å²) in [5.74, 6) is 1.41. The number of nitrogens with one attached hydrogen (secondary N) is 1. The predicted molar refractivity (Wildman–Crippen MR) is 71.8 cm³/mol. The van der Waals surface area contributed by atoms with E-state index in [2.05, 4.69) is 22.4 Å². The van der Waals surface area contributed by atoms with Crippen molar-refractivity contribution in [2.75, 3.05) is 13.1 Å². The van der Waals surface area contributed by atoms with Crippen LogP contribution in [0.5, 0.6) is 0 Å². The molecule has 0 spiro atoms. The first kappa shape index (κ1) is 13.1. The minimum atomic E-state index is -0.0139. The minimum absolute atomic E-state index is 0. The van der Waals surface area contributed by atoms with Gasteiger partial charge in [-0.15, -0.1) is 12.4 Å². The van der Waals surface area contributed by atoms with Gasteiger partial charge in [-0.05, 0) is 19.9 Å². The van der Waals surface area contributed by atoms with E-state index in [0.29, 0.717) is 5.82 Å². The van der Waals surface area contributed by atoms with E-state index in [1.54, 1.807) is 0 Å². The topological polar surface area (TPSA) is 51.0 Å². The summed E-state index contributed by atoms with van der Waals surface area (Å²) in [6.45, 7) is 4.08. The van der Waals surface area contributed by atoms with E-state index in [1.807, 2.05) is 30.3 Å². The highest BCUT2D eigenvalue weighted by Gasteiger charge is 2.36. The summed E-state index contributed by atoms with van der Waals surface area (Å²) < 4.78 is 5.40. The lowest BCUT2D eigenvalue weighted by atomic mass is 9.90. The standard InChI is InChI=1S/C13H15N3O.ClH/c1-13(7-8-14-9-13)12-15-11(16-17-12)10-5-3-2-4-6-10;/h2-6,14H,7-9H2,1H3;1H. The monoisotopic (exact) mass is 265 g/mol. The van der Waals surface area contributed by atoms with Crippen molar-refractivity contribution < 1.29 is 4.52 Å². The Bertz CT molecular complexity index is 506. The molecule has 1 aliphatic heterocycles. The summed E-state index contributed by atoms with van der Waals surface area (Å²) in [4.78, 5) is 4.52. The Morgan fingerprint density at radius 2 is 2.06 bits per heavy atom. The van der Waals surface area contributed by atoms with Gasteiger partial charge in [-0.1, -0.05) is 35.5 Å². The van der Waals surface area contributed by atoms with Crippen molar-refractivity contribution >= 4 is 12.4 Å². The lowest BCUT2D eigenvalue weighted by Crippen LogP contribution is -2.25. The van der Waals surface area contributed by atoms with Crippen LogP contribution in [0.2, 0.25) is 0 Å². The summed E-state index contributed by atoms with van der Waals surface area (Å²) >= 11 is 0. The highest BCUT2D eigenvalue weighted by atomic mass is 35.5. The smallest absolute Gasteiger partial charge is 0.234 e. The first-order valence-electron chi connectivity index (χ1n) is 5.88. The van der Waals surface area contributed by atoms with Crippen molar-refractivity contribution in [3.63, 3.8) is 0 Å². The van der Waals surface area contributed by atoms with Crippen LogP contribution in [0.25, 0.3) is 11.4 Å². The molecule has 5 heteroatoms. The summed E-state index contributed by atoms with van der Waals surface area (Å²) in [6.07, 6.45) is 1.05. The average molecular weight is 266 g/mol. The van der Waals surface area contributed by atoms with Gasteiger partial charge in [0.2, 0.25) is 11.7 Å². The maximum absolute atomic E-state index is 5.40. The van der Waals surface area contributed by atoms with Crippen molar-refractivity contribution in [1.82, 2.24) is 15.5 Å². The van der Waals surface area contributed by atoms with Gasteiger partial charge in [0.25, 0.3) is 0 Å². The number of benzene rings is 1. The molecule has 0 aliphatic carbocycles.